The fraction of sp³-hybridized carbons (Fsp3) is 0.333. The number of nitrogens with one attached hydrogen (secondary N) is 1. The molecule has 20 heavy (non-hydrogen) atoms. The summed E-state index contributed by atoms with van der Waals surface area (Å²) in [7, 11) is 3.51. The highest BCUT2D eigenvalue weighted by Crippen LogP contribution is 2.21. The summed E-state index contributed by atoms with van der Waals surface area (Å²) >= 11 is 1.52. The Balaban J connectivity index is 1.99. The molecule has 0 unspecified atom stereocenters. The maximum atomic E-state index is 11.6. The highest BCUT2D eigenvalue weighted by Gasteiger charge is 2.09. The fourth-order valence-electron chi connectivity index (χ4n) is 1.71. The second-order valence-electron chi connectivity index (χ2n) is 4.78. The second-order valence-corrected chi connectivity index (χ2v) is 5.64. The molecule has 1 heterocycles. The second kappa shape index (κ2) is 6.52. The smallest absolute Gasteiger partial charge is 0.228 e. The summed E-state index contributed by atoms with van der Waals surface area (Å²) in [5, 5.41) is 6.00. The molecule has 2 aromatic rings. The Hall–Kier alpha value is -1.88. The Kier molecular flexibility index (Phi) is 4.74. The van der Waals surface area contributed by atoms with E-state index in [1.54, 1.807) is 19.0 Å². The van der Waals surface area contributed by atoms with Crippen molar-refractivity contribution in [1.29, 1.82) is 0 Å². The van der Waals surface area contributed by atoms with Gasteiger partial charge in [-0.1, -0.05) is 19.1 Å². The summed E-state index contributed by atoms with van der Waals surface area (Å²) < 4.78 is 0. The first kappa shape index (κ1) is 14.5. The molecule has 0 bridgehead atoms. The van der Waals surface area contributed by atoms with Crippen LogP contribution in [-0.2, 0) is 17.6 Å². The van der Waals surface area contributed by atoms with E-state index >= 15 is 0 Å². The molecule has 5 heteroatoms. The topological polar surface area (TPSA) is 45.2 Å². The lowest BCUT2D eigenvalue weighted by atomic mass is 10.1. The van der Waals surface area contributed by atoms with E-state index in [1.807, 2.05) is 17.5 Å². The van der Waals surface area contributed by atoms with E-state index in [9.17, 15) is 4.79 Å². The average molecular weight is 289 g/mol. The number of rotatable bonds is 5. The summed E-state index contributed by atoms with van der Waals surface area (Å²) in [6.07, 6.45) is 1.38. The van der Waals surface area contributed by atoms with E-state index in [4.69, 9.17) is 0 Å². The van der Waals surface area contributed by atoms with Gasteiger partial charge >= 0.3 is 0 Å². The Morgan fingerprint density at radius 2 is 2.00 bits per heavy atom. The SMILES string of the molecule is CCc1ccc(Nc2nc(CC(=O)N(C)C)cs2)cc1. The van der Waals surface area contributed by atoms with Gasteiger partial charge in [-0.2, -0.15) is 0 Å². The summed E-state index contributed by atoms with van der Waals surface area (Å²) in [6, 6.07) is 8.30. The summed E-state index contributed by atoms with van der Waals surface area (Å²) in [5.41, 5.74) is 3.13. The third-order valence-corrected chi connectivity index (χ3v) is 3.80. The van der Waals surface area contributed by atoms with Crippen molar-refractivity contribution < 1.29 is 4.79 Å². The van der Waals surface area contributed by atoms with Gasteiger partial charge in [0.05, 0.1) is 12.1 Å². The van der Waals surface area contributed by atoms with Gasteiger partial charge in [0, 0.05) is 25.2 Å². The largest absolute Gasteiger partial charge is 0.348 e. The van der Waals surface area contributed by atoms with Gasteiger partial charge in [0.25, 0.3) is 0 Å². The van der Waals surface area contributed by atoms with Crippen molar-refractivity contribution in [2.45, 2.75) is 19.8 Å². The van der Waals surface area contributed by atoms with Crippen LogP contribution in [0.1, 0.15) is 18.2 Å². The maximum absolute atomic E-state index is 11.6. The van der Waals surface area contributed by atoms with Crippen LogP contribution in [-0.4, -0.2) is 29.9 Å². The zero-order valence-corrected chi connectivity index (χ0v) is 12.8. The molecule has 1 aromatic carbocycles. The van der Waals surface area contributed by atoms with Crippen LogP contribution in [0.25, 0.3) is 0 Å². The lowest BCUT2D eigenvalue weighted by Gasteiger charge is -2.08. The highest BCUT2D eigenvalue weighted by atomic mass is 32.1. The average Bonchev–Trinajstić information content (AvgIpc) is 2.86. The van der Waals surface area contributed by atoms with Gasteiger partial charge in [0.1, 0.15) is 0 Å². The van der Waals surface area contributed by atoms with Crippen LogP contribution in [0.3, 0.4) is 0 Å². The van der Waals surface area contributed by atoms with Gasteiger partial charge in [-0.05, 0) is 24.1 Å². The molecule has 0 saturated heterocycles. The molecule has 0 atom stereocenters. The zero-order chi connectivity index (χ0) is 14.5. The van der Waals surface area contributed by atoms with Crippen LogP contribution in [0.2, 0.25) is 0 Å². The lowest BCUT2D eigenvalue weighted by Crippen LogP contribution is -2.23. The van der Waals surface area contributed by atoms with Crippen LogP contribution in [0.15, 0.2) is 29.6 Å². The summed E-state index contributed by atoms with van der Waals surface area (Å²) in [5.74, 6) is 0.0640. The predicted molar refractivity (Wildman–Crippen MR) is 83.6 cm³/mol. The van der Waals surface area contributed by atoms with Crippen LogP contribution >= 0.6 is 11.3 Å². The zero-order valence-electron chi connectivity index (χ0n) is 12.0. The minimum Gasteiger partial charge on any atom is -0.348 e. The van der Waals surface area contributed by atoms with E-state index in [0.717, 1.165) is 22.9 Å². The van der Waals surface area contributed by atoms with Crippen molar-refractivity contribution >= 4 is 28.1 Å². The molecule has 1 amide bonds. The number of anilines is 2. The number of hydrogen-bond acceptors (Lipinski definition) is 4. The molecule has 1 N–H and O–H groups in total. The minimum absolute atomic E-state index is 0.0640. The van der Waals surface area contributed by atoms with E-state index in [1.165, 1.54) is 16.9 Å². The molecule has 106 valence electrons. The highest BCUT2D eigenvalue weighted by molar-refractivity contribution is 7.13. The van der Waals surface area contributed by atoms with Crippen molar-refractivity contribution in [2.75, 3.05) is 19.4 Å². The molecule has 0 aliphatic heterocycles. The number of aryl methyl sites for hydroxylation is 1. The third-order valence-electron chi connectivity index (χ3n) is 3.00. The molecule has 2 rings (SSSR count). The predicted octanol–water partition coefficient (Wildman–Crippen LogP) is 3.08. The first-order valence-corrected chi connectivity index (χ1v) is 7.47. The quantitative estimate of drug-likeness (QED) is 0.920. The van der Waals surface area contributed by atoms with Gasteiger partial charge < -0.3 is 10.2 Å². The number of amides is 1. The standard InChI is InChI=1S/C15H19N3OS/c1-4-11-5-7-12(8-6-11)16-15-17-13(10-20-15)9-14(19)18(2)3/h5-8,10H,4,9H2,1-3H3,(H,16,17). The molecular weight excluding hydrogens is 270 g/mol. The molecule has 0 radical (unpaired) electrons. The van der Waals surface area contributed by atoms with Gasteiger partial charge in [-0.3, -0.25) is 4.79 Å². The molecule has 0 saturated carbocycles. The number of hydrogen-bond donors (Lipinski definition) is 1. The van der Waals surface area contributed by atoms with Gasteiger partial charge in [-0.15, -0.1) is 11.3 Å². The molecule has 0 aliphatic carbocycles. The molecule has 4 nitrogen and oxygen atoms in total. The van der Waals surface area contributed by atoms with Gasteiger partial charge in [0.2, 0.25) is 5.91 Å². The van der Waals surface area contributed by atoms with Crippen molar-refractivity contribution in [3.63, 3.8) is 0 Å². The molecule has 0 spiro atoms. The normalized spacial score (nSPS) is 10.3. The van der Waals surface area contributed by atoms with E-state index in [-0.39, 0.29) is 5.91 Å². The number of carbonyl (C=O) groups is 1. The van der Waals surface area contributed by atoms with E-state index in [2.05, 4.69) is 29.4 Å². The lowest BCUT2D eigenvalue weighted by molar-refractivity contribution is -0.128. The molecular formula is C15H19N3OS. The van der Waals surface area contributed by atoms with Gasteiger partial charge in [-0.25, -0.2) is 4.98 Å². The number of carbonyl (C=O) groups excluding carboxylic acids is 1. The number of aromatic nitrogens is 1. The van der Waals surface area contributed by atoms with Gasteiger partial charge in [0.15, 0.2) is 5.13 Å². The Morgan fingerprint density at radius 1 is 1.30 bits per heavy atom. The monoisotopic (exact) mass is 289 g/mol. The Labute approximate surface area is 123 Å². The van der Waals surface area contributed by atoms with Crippen molar-refractivity contribution in [3.8, 4) is 0 Å². The summed E-state index contributed by atoms with van der Waals surface area (Å²) in [4.78, 5) is 17.6. The van der Waals surface area contributed by atoms with Crippen LogP contribution in [0.4, 0.5) is 10.8 Å². The van der Waals surface area contributed by atoms with E-state index in [0.29, 0.717) is 6.42 Å². The number of likely N-dealkylation sites (N-methyl/N-ethyl adjacent to an activating group) is 1. The van der Waals surface area contributed by atoms with Crippen LogP contribution < -0.4 is 5.32 Å². The number of benzene rings is 1. The third kappa shape index (κ3) is 3.81. The Bertz CT molecular complexity index is 575. The summed E-state index contributed by atoms with van der Waals surface area (Å²) in [6.45, 7) is 2.14. The van der Waals surface area contributed by atoms with E-state index < -0.39 is 0 Å². The van der Waals surface area contributed by atoms with Crippen LogP contribution in [0, 0.1) is 0 Å². The number of nitrogens with zero attached hydrogens (tertiary/aromatic N) is 2. The molecule has 0 aliphatic rings. The first-order valence-electron chi connectivity index (χ1n) is 6.59. The van der Waals surface area contributed by atoms with Crippen molar-refractivity contribution in [2.24, 2.45) is 0 Å². The maximum Gasteiger partial charge on any atom is 0.228 e. The fourth-order valence-corrected chi connectivity index (χ4v) is 2.44. The Morgan fingerprint density at radius 3 is 2.60 bits per heavy atom. The first-order chi connectivity index (χ1) is 9.58. The minimum atomic E-state index is 0.0640. The van der Waals surface area contributed by atoms with Crippen LogP contribution in [0.5, 0.6) is 0 Å². The van der Waals surface area contributed by atoms with Crippen molar-refractivity contribution in [1.82, 2.24) is 9.88 Å². The molecule has 0 fully saturated rings. The molecule has 1 aromatic heterocycles. The number of thiazole rings is 1. The van der Waals surface area contributed by atoms with Crippen molar-refractivity contribution in [3.05, 3.63) is 40.9 Å².